The normalized spacial score (nSPS) is 13.0. The maximum Gasteiger partial charge on any atom is 0.285 e. The lowest BCUT2D eigenvalue weighted by Gasteiger charge is -2.37. The fourth-order valence-electron chi connectivity index (χ4n) is 4.39. The number of unbranched alkanes of at least 4 members (excludes halogenated alkanes) is 8. The third-order valence-corrected chi connectivity index (χ3v) is 6.25. The molecule has 0 saturated heterocycles. The maximum absolute atomic E-state index is 13.8. The molecule has 1 aromatic rings. The first kappa shape index (κ1) is 29.9. The number of aryl methyl sites for hydroxylation is 1. The Morgan fingerprint density at radius 1 is 0.727 bits per heavy atom. The van der Waals surface area contributed by atoms with Crippen LogP contribution in [-0.4, -0.2) is 26.8 Å². The molecule has 1 unspecified atom stereocenters. The van der Waals surface area contributed by atoms with Gasteiger partial charge in [0.2, 0.25) is 0 Å². The van der Waals surface area contributed by atoms with E-state index in [0.29, 0.717) is 13.0 Å². The zero-order valence-corrected chi connectivity index (χ0v) is 20.8. The highest BCUT2D eigenvalue weighted by molar-refractivity contribution is 5.21. The van der Waals surface area contributed by atoms with Gasteiger partial charge in [0.25, 0.3) is 5.97 Å². The lowest BCUT2D eigenvalue weighted by Crippen LogP contribution is -2.45. The summed E-state index contributed by atoms with van der Waals surface area (Å²) in [6.45, 7) is 4.59. The molecule has 0 N–H and O–H groups in total. The van der Waals surface area contributed by atoms with Crippen molar-refractivity contribution in [2.75, 3.05) is 20.8 Å². The summed E-state index contributed by atoms with van der Waals surface area (Å²) in [4.78, 5) is 0. The molecule has 3 nitrogen and oxygen atoms in total. The Hall–Kier alpha value is -1.18. The number of ether oxygens (including phenoxy) is 3. The van der Waals surface area contributed by atoms with Crippen LogP contribution in [-0.2, 0) is 20.6 Å². The van der Waals surface area contributed by atoms with Crippen LogP contribution in [0.5, 0.6) is 0 Å². The molecular formula is C26H42F4O3. The van der Waals surface area contributed by atoms with Crippen LogP contribution in [0.1, 0.15) is 96.5 Å². The average Bonchev–Trinajstić information content (AvgIpc) is 2.82. The first-order valence-corrected chi connectivity index (χ1v) is 12.4. The highest BCUT2D eigenvalue weighted by atomic mass is 19.2. The molecule has 0 radical (unpaired) electrons. The molecule has 0 amide bonds. The molecule has 1 atom stereocenters. The van der Waals surface area contributed by atoms with Gasteiger partial charge in [-0.15, -0.1) is 0 Å². The second-order valence-electron chi connectivity index (χ2n) is 8.61. The van der Waals surface area contributed by atoms with Crippen LogP contribution in [0.15, 0.2) is 6.07 Å². The van der Waals surface area contributed by atoms with Crippen LogP contribution in [0.25, 0.3) is 0 Å². The minimum Gasteiger partial charge on any atom is -0.331 e. The number of halogens is 4. The minimum atomic E-state index is -1.76. The fraction of sp³-hybridized carbons (Fsp3) is 0.769. The van der Waals surface area contributed by atoms with E-state index >= 15 is 0 Å². The van der Waals surface area contributed by atoms with E-state index < -0.39 is 29.2 Å². The lowest BCUT2D eigenvalue weighted by atomic mass is 9.91. The Morgan fingerprint density at radius 3 is 1.82 bits per heavy atom. The van der Waals surface area contributed by atoms with Crippen LogP contribution in [0, 0.1) is 29.2 Å². The molecule has 1 rings (SSSR count). The largest absolute Gasteiger partial charge is 0.331 e. The van der Waals surface area contributed by atoms with Crippen LogP contribution < -0.4 is 0 Å². The zero-order valence-electron chi connectivity index (χ0n) is 20.8. The second kappa shape index (κ2) is 16.4. The van der Waals surface area contributed by atoms with E-state index in [1.807, 2.05) is 6.92 Å². The van der Waals surface area contributed by atoms with Gasteiger partial charge in [-0.25, -0.2) is 17.6 Å². The Labute approximate surface area is 197 Å². The van der Waals surface area contributed by atoms with Crippen molar-refractivity contribution in [2.24, 2.45) is 5.92 Å². The molecule has 1 aromatic carbocycles. The smallest absolute Gasteiger partial charge is 0.285 e. The van der Waals surface area contributed by atoms with Gasteiger partial charge in [-0.05, 0) is 44.2 Å². The van der Waals surface area contributed by atoms with Crippen LogP contribution >= 0.6 is 0 Å². The molecule has 0 saturated carbocycles. The number of methoxy groups -OCH3 is 2. The highest BCUT2D eigenvalue weighted by Gasteiger charge is 2.39. The molecule has 0 fully saturated rings. The molecule has 0 aliphatic heterocycles. The van der Waals surface area contributed by atoms with Gasteiger partial charge in [0.05, 0.1) is 0 Å². The predicted molar refractivity (Wildman–Crippen MR) is 123 cm³/mol. The van der Waals surface area contributed by atoms with E-state index in [0.717, 1.165) is 44.6 Å². The van der Waals surface area contributed by atoms with Crippen LogP contribution in [0.2, 0.25) is 0 Å². The lowest BCUT2D eigenvalue weighted by molar-refractivity contribution is -0.388. The first-order chi connectivity index (χ1) is 15.9. The number of benzene rings is 1. The summed E-state index contributed by atoms with van der Waals surface area (Å²) in [6.07, 6.45) is 12.3. The van der Waals surface area contributed by atoms with Crippen LogP contribution in [0.4, 0.5) is 17.6 Å². The van der Waals surface area contributed by atoms with E-state index in [-0.39, 0.29) is 17.9 Å². The SMILES string of the molecule is CCCCCCCCC(CCCCCCc1cc(F)c(F)c(F)c1F)C(OC)(OC)OCC. The molecule has 0 bridgehead atoms. The monoisotopic (exact) mass is 478 g/mol. The van der Waals surface area contributed by atoms with Crippen molar-refractivity contribution >= 4 is 0 Å². The molecule has 0 aromatic heterocycles. The van der Waals surface area contributed by atoms with Crippen molar-refractivity contribution < 1.29 is 31.8 Å². The fourth-order valence-corrected chi connectivity index (χ4v) is 4.39. The Morgan fingerprint density at radius 2 is 1.27 bits per heavy atom. The molecule has 0 spiro atoms. The van der Waals surface area contributed by atoms with Crippen molar-refractivity contribution in [3.63, 3.8) is 0 Å². The van der Waals surface area contributed by atoms with Crippen molar-refractivity contribution in [1.82, 2.24) is 0 Å². The minimum absolute atomic E-state index is 0.0800. The third kappa shape index (κ3) is 9.53. The van der Waals surface area contributed by atoms with E-state index in [2.05, 4.69) is 6.92 Å². The summed E-state index contributed by atoms with van der Waals surface area (Å²) in [5.41, 5.74) is -0.124. The number of hydrogen-bond donors (Lipinski definition) is 0. The molecular weight excluding hydrogens is 436 g/mol. The zero-order chi connectivity index (χ0) is 24.7. The van der Waals surface area contributed by atoms with Crippen LogP contribution in [0.3, 0.4) is 0 Å². The summed E-state index contributed by atoms with van der Waals surface area (Å²) in [5.74, 6) is -7.14. The van der Waals surface area contributed by atoms with Gasteiger partial charge in [0.1, 0.15) is 0 Å². The van der Waals surface area contributed by atoms with Crippen molar-refractivity contribution in [2.45, 2.75) is 103 Å². The Bertz CT molecular complexity index is 665. The summed E-state index contributed by atoms with van der Waals surface area (Å²) in [7, 11) is 3.20. The Balaban J connectivity index is 2.54. The average molecular weight is 479 g/mol. The number of hydrogen-bond acceptors (Lipinski definition) is 3. The summed E-state index contributed by atoms with van der Waals surface area (Å²) in [6, 6.07) is 0.748. The summed E-state index contributed by atoms with van der Waals surface area (Å²) in [5, 5.41) is 0. The standard InChI is InChI=1S/C26H42F4O3/c1-5-7-8-9-10-14-17-21(26(31-3,32-4)33-6-2)18-15-12-11-13-16-20-19-22(27)24(29)25(30)23(20)28/h19,21H,5-18H2,1-4H3. The van der Waals surface area contributed by atoms with Gasteiger partial charge in [-0.1, -0.05) is 64.7 Å². The van der Waals surface area contributed by atoms with Crippen molar-refractivity contribution in [3.8, 4) is 0 Å². The molecule has 0 heterocycles. The van der Waals surface area contributed by atoms with E-state index in [9.17, 15) is 17.6 Å². The van der Waals surface area contributed by atoms with Gasteiger partial charge in [-0.2, -0.15) is 0 Å². The Kier molecular flexibility index (Phi) is 14.9. The van der Waals surface area contributed by atoms with Gasteiger partial charge in [0, 0.05) is 26.7 Å². The molecule has 33 heavy (non-hydrogen) atoms. The van der Waals surface area contributed by atoms with E-state index in [1.54, 1.807) is 14.2 Å². The van der Waals surface area contributed by atoms with Gasteiger partial charge in [-0.3, -0.25) is 0 Å². The van der Waals surface area contributed by atoms with Gasteiger partial charge in [0.15, 0.2) is 23.3 Å². The summed E-state index contributed by atoms with van der Waals surface area (Å²) < 4.78 is 70.9. The highest BCUT2D eigenvalue weighted by Crippen LogP contribution is 2.33. The molecule has 0 aliphatic carbocycles. The predicted octanol–water partition coefficient (Wildman–Crippen LogP) is 8.09. The van der Waals surface area contributed by atoms with E-state index in [1.165, 1.54) is 32.1 Å². The third-order valence-electron chi connectivity index (χ3n) is 6.25. The van der Waals surface area contributed by atoms with Gasteiger partial charge >= 0.3 is 0 Å². The molecule has 192 valence electrons. The summed E-state index contributed by atoms with van der Waals surface area (Å²) >= 11 is 0. The first-order valence-electron chi connectivity index (χ1n) is 12.4. The molecule has 7 heteroatoms. The van der Waals surface area contributed by atoms with Gasteiger partial charge < -0.3 is 14.2 Å². The van der Waals surface area contributed by atoms with Crippen molar-refractivity contribution in [1.29, 1.82) is 0 Å². The molecule has 0 aliphatic rings. The van der Waals surface area contributed by atoms with E-state index in [4.69, 9.17) is 14.2 Å². The van der Waals surface area contributed by atoms with Crippen molar-refractivity contribution in [3.05, 3.63) is 34.9 Å². The topological polar surface area (TPSA) is 27.7 Å². The second-order valence-corrected chi connectivity index (χ2v) is 8.61. The maximum atomic E-state index is 13.8. The number of rotatable bonds is 19. The quantitative estimate of drug-likeness (QED) is 0.0661.